The average molecular weight is 303 g/mol. The van der Waals surface area contributed by atoms with Crippen molar-refractivity contribution in [2.24, 2.45) is 5.41 Å². The summed E-state index contributed by atoms with van der Waals surface area (Å²) in [5.41, 5.74) is 0.797. The number of likely N-dealkylation sites (tertiary alicyclic amines) is 1. The summed E-state index contributed by atoms with van der Waals surface area (Å²) in [5.74, 6) is 0. The van der Waals surface area contributed by atoms with Crippen LogP contribution in [-0.4, -0.2) is 29.9 Å². The van der Waals surface area contributed by atoms with Crippen molar-refractivity contribution in [1.82, 2.24) is 4.90 Å². The summed E-state index contributed by atoms with van der Waals surface area (Å²) < 4.78 is 5.83. The van der Waals surface area contributed by atoms with Crippen molar-refractivity contribution in [3.63, 3.8) is 0 Å². The number of benzene rings is 1. The Balaban J connectivity index is 2.14. The fraction of sp³-hybridized carbons (Fsp3) is 0.556. The fourth-order valence-corrected chi connectivity index (χ4v) is 2.97. The zero-order valence-electron chi connectivity index (χ0n) is 13.6. The normalized spacial score (nSPS) is 19.8. The Labute approximate surface area is 132 Å². The lowest BCUT2D eigenvalue weighted by Gasteiger charge is -2.33. The van der Waals surface area contributed by atoms with Crippen molar-refractivity contribution in [2.75, 3.05) is 6.54 Å². The number of hydrogen-bond acceptors (Lipinski definition) is 3. The van der Waals surface area contributed by atoms with Crippen LogP contribution in [0.25, 0.3) is 0 Å². The number of carbonyl (C=O) groups is 2. The van der Waals surface area contributed by atoms with Crippen molar-refractivity contribution < 1.29 is 14.3 Å². The van der Waals surface area contributed by atoms with E-state index in [9.17, 15) is 9.59 Å². The van der Waals surface area contributed by atoms with Gasteiger partial charge in [-0.2, -0.15) is 0 Å². The lowest BCUT2D eigenvalue weighted by atomic mass is 9.84. The van der Waals surface area contributed by atoms with Gasteiger partial charge in [0, 0.05) is 24.4 Å². The lowest BCUT2D eigenvalue weighted by molar-refractivity contribution is -0.108. The van der Waals surface area contributed by atoms with Crippen molar-refractivity contribution >= 4 is 12.4 Å². The van der Waals surface area contributed by atoms with Gasteiger partial charge in [0.1, 0.15) is 12.4 Å². The lowest BCUT2D eigenvalue weighted by Crippen LogP contribution is -2.38. The smallest absolute Gasteiger partial charge is 0.410 e. The molecule has 1 saturated heterocycles. The molecule has 120 valence electrons. The Kier molecular flexibility index (Phi) is 5.22. The highest BCUT2D eigenvalue weighted by Crippen LogP contribution is 2.37. The van der Waals surface area contributed by atoms with E-state index in [4.69, 9.17) is 4.74 Å². The second-order valence-electron chi connectivity index (χ2n) is 6.93. The minimum absolute atomic E-state index is 0.0126. The molecule has 0 aliphatic carbocycles. The summed E-state index contributed by atoms with van der Waals surface area (Å²) in [4.78, 5) is 25.0. The molecule has 0 radical (unpaired) electrons. The number of hydrogen-bond donors (Lipinski definition) is 0. The predicted molar refractivity (Wildman–Crippen MR) is 85.5 cm³/mol. The van der Waals surface area contributed by atoms with Crippen LogP contribution >= 0.6 is 0 Å². The van der Waals surface area contributed by atoms with Crippen molar-refractivity contribution in [3.05, 3.63) is 35.9 Å². The molecule has 1 heterocycles. The molecule has 4 nitrogen and oxygen atoms in total. The zero-order chi connectivity index (χ0) is 16.2. The molecule has 1 fully saturated rings. The van der Waals surface area contributed by atoms with Gasteiger partial charge in [-0.15, -0.1) is 0 Å². The van der Waals surface area contributed by atoms with E-state index in [1.807, 2.05) is 30.3 Å². The first kappa shape index (κ1) is 16.5. The number of rotatable bonds is 4. The topological polar surface area (TPSA) is 46.6 Å². The Bertz CT molecular complexity index is 507. The molecule has 22 heavy (non-hydrogen) atoms. The molecule has 1 aliphatic rings. The Morgan fingerprint density at radius 3 is 2.64 bits per heavy atom. The van der Waals surface area contributed by atoms with Gasteiger partial charge >= 0.3 is 6.09 Å². The van der Waals surface area contributed by atoms with Crippen LogP contribution in [0.5, 0.6) is 0 Å². The number of nitrogens with zero attached hydrogens (tertiary/aromatic N) is 1. The number of ether oxygens (including phenoxy) is 1. The third-order valence-corrected chi connectivity index (χ3v) is 4.09. The van der Waals surface area contributed by atoms with Crippen LogP contribution in [-0.2, 0) is 9.53 Å². The van der Waals surface area contributed by atoms with Crippen LogP contribution in [0.4, 0.5) is 4.79 Å². The first-order chi connectivity index (χ1) is 10.4. The van der Waals surface area contributed by atoms with E-state index in [2.05, 4.69) is 20.8 Å². The minimum atomic E-state index is -0.312. The van der Waals surface area contributed by atoms with E-state index >= 15 is 0 Å². The summed E-state index contributed by atoms with van der Waals surface area (Å²) in [6.45, 7) is 6.85. The summed E-state index contributed by atoms with van der Waals surface area (Å²) in [5, 5.41) is 0. The molecule has 0 N–H and O–H groups in total. The second-order valence-corrected chi connectivity index (χ2v) is 6.93. The van der Waals surface area contributed by atoms with E-state index < -0.39 is 0 Å². The molecule has 0 aromatic heterocycles. The minimum Gasteiger partial charge on any atom is -0.441 e. The van der Waals surface area contributed by atoms with E-state index in [1.165, 1.54) is 0 Å². The van der Waals surface area contributed by atoms with Crippen LogP contribution in [0.2, 0.25) is 0 Å². The highest BCUT2D eigenvalue weighted by atomic mass is 16.6. The zero-order valence-corrected chi connectivity index (χ0v) is 13.6. The molecule has 0 spiro atoms. The predicted octanol–water partition coefficient (Wildman–Crippen LogP) is 3.96. The second kappa shape index (κ2) is 6.95. The Morgan fingerprint density at radius 2 is 2.05 bits per heavy atom. The first-order valence-corrected chi connectivity index (χ1v) is 7.89. The van der Waals surface area contributed by atoms with Crippen molar-refractivity contribution in [2.45, 2.75) is 52.2 Å². The van der Waals surface area contributed by atoms with Crippen LogP contribution < -0.4 is 0 Å². The quantitative estimate of drug-likeness (QED) is 0.791. The maximum Gasteiger partial charge on any atom is 0.410 e. The summed E-state index contributed by atoms with van der Waals surface area (Å²) in [7, 11) is 0. The molecule has 1 aliphatic heterocycles. The molecular formula is C18H25NO3. The third kappa shape index (κ3) is 3.87. The standard InChI is InChI=1S/C18H25NO3/c1-18(2,3)16(14-8-5-4-6-9-14)22-17(21)19-12-7-10-15(19)11-13-20/h4-6,8-9,13,15-16H,7,10-12H2,1-3H3. The molecule has 1 aromatic carbocycles. The summed E-state index contributed by atoms with van der Waals surface area (Å²) >= 11 is 0. The highest BCUT2D eigenvalue weighted by molar-refractivity contribution is 5.69. The molecule has 0 bridgehead atoms. The van der Waals surface area contributed by atoms with E-state index in [-0.39, 0.29) is 23.7 Å². The maximum absolute atomic E-state index is 12.5. The van der Waals surface area contributed by atoms with E-state index in [0.717, 1.165) is 24.7 Å². The van der Waals surface area contributed by atoms with Gasteiger partial charge < -0.3 is 14.4 Å². The number of aldehydes is 1. The van der Waals surface area contributed by atoms with Crippen molar-refractivity contribution in [1.29, 1.82) is 0 Å². The number of carbonyl (C=O) groups excluding carboxylic acids is 2. The molecule has 2 rings (SSSR count). The Hall–Kier alpha value is -1.84. The van der Waals surface area contributed by atoms with Crippen molar-refractivity contribution in [3.8, 4) is 0 Å². The molecular weight excluding hydrogens is 278 g/mol. The highest BCUT2D eigenvalue weighted by Gasteiger charge is 2.35. The van der Waals surface area contributed by atoms with Gasteiger partial charge in [0.25, 0.3) is 0 Å². The van der Waals surface area contributed by atoms with Gasteiger partial charge in [-0.25, -0.2) is 4.79 Å². The van der Waals surface area contributed by atoms with Gasteiger partial charge in [0.2, 0.25) is 0 Å². The van der Waals surface area contributed by atoms with Crippen LogP contribution in [0.1, 0.15) is 51.7 Å². The van der Waals surface area contributed by atoms with Gasteiger partial charge in [-0.1, -0.05) is 51.1 Å². The third-order valence-electron chi connectivity index (χ3n) is 4.09. The molecule has 2 unspecified atom stereocenters. The molecule has 2 atom stereocenters. The largest absolute Gasteiger partial charge is 0.441 e. The summed E-state index contributed by atoms with van der Waals surface area (Å²) in [6, 6.07) is 9.80. The van der Waals surface area contributed by atoms with Crippen LogP contribution in [0.15, 0.2) is 30.3 Å². The fourth-order valence-electron chi connectivity index (χ4n) is 2.97. The Morgan fingerprint density at radius 1 is 1.36 bits per heavy atom. The van der Waals surface area contributed by atoms with Crippen LogP contribution in [0, 0.1) is 5.41 Å². The maximum atomic E-state index is 12.5. The van der Waals surface area contributed by atoms with Gasteiger partial charge in [-0.3, -0.25) is 0 Å². The van der Waals surface area contributed by atoms with E-state index in [1.54, 1.807) is 4.90 Å². The van der Waals surface area contributed by atoms with Crippen LogP contribution in [0.3, 0.4) is 0 Å². The van der Waals surface area contributed by atoms with E-state index in [0.29, 0.717) is 13.0 Å². The van der Waals surface area contributed by atoms with Gasteiger partial charge in [0.05, 0.1) is 0 Å². The molecule has 4 heteroatoms. The first-order valence-electron chi connectivity index (χ1n) is 7.89. The molecule has 1 aromatic rings. The monoisotopic (exact) mass is 303 g/mol. The molecule has 0 saturated carbocycles. The van der Waals surface area contributed by atoms with Gasteiger partial charge in [-0.05, 0) is 18.4 Å². The van der Waals surface area contributed by atoms with Gasteiger partial charge in [0.15, 0.2) is 0 Å². The average Bonchev–Trinajstić information content (AvgIpc) is 2.93. The summed E-state index contributed by atoms with van der Waals surface area (Å²) in [6.07, 6.45) is 2.46. The SMILES string of the molecule is CC(C)(C)C(OC(=O)N1CCCC1CC=O)c1ccccc1. The number of amides is 1. The molecule has 1 amide bonds.